The van der Waals surface area contributed by atoms with Crippen molar-refractivity contribution in [3.8, 4) is 5.69 Å². The van der Waals surface area contributed by atoms with E-state index in [1.165, 1.54) is 18.1 Å². The van der Waals surface area contributed by atoms with Crippen LogP contribution in [0.5, 0.6) is 0 Å². The van der Waals surface area contributed by atoms with Crippen molar-refractivity contribution in [3.63, 3.8) is 0 Å². The Bertz CT molecular complexity index is 1360. The lowest BCUT2D eigenvalue weighted by molar-refractivity contribution is -0.115. The lowest BCUT2D eigenvalue weighted by Crippen LogP contribution is -2.27. The molecule has 1 amide bonds. The van der Waals surface area contributed by atoms with Crippen LogP contribution in [0.4, 0.5) is 11.4 Å². The smallest absolute Gasteiger partial charge is 0.241 e. The van der Waals surface area contributed by atoms with Crippen LogP contribution in [0.1, 0.15) is 5.56 Å². The molecule has 0 aliphatic carbocycles. The molecule has 0 saturated heterocycles. The van der Waals surface area contributed by atoms with Crippen LogP contribution in [-0.4, -0.2) is 31.4 Å². The average molecular weight is 452 g/mol. The van der Waals surface area contributed by atoms with E-state index in [4.69, 9.17) is 0 Å². The molecule has 0 spiro atoms. The molecule has 0 unspecified atom stereocenters. The Morgan fingerprint density at radius 3 is 2.18 bits per heavy atom. The molecular weight excluding hydrogens is 430 g/mol. The maximum atomic E-state index is 13.4. The topological polar surface area (TPSA) is 63.9 Å². The maximum absolute atomic E-state index is 13.4. The molecule has 0 N–H and O–H groups in total. The van der Waals surface area contributed by atoms with Gasteiger partial charge in [-0.1, -0.05) is 66.4 Å². The molecule has 6 nitrogen and oxygen atoms in total. The Morgan fingerprint density at radius 2 is 1.52 bits per heavy atom. The van der Waals surface area contributed by atoms with Crippen molar-refractivity contribution in [2.45, 2.75) is 11.9 Å². The van der Waals surface area contributed by atoms with Crippen molar-refractivity contribution in [2.24, 2.45) is 0 Å². The van der Waals surface area contributed by atoms with Gasteiger partial charge in [0.25, 0.3) is 0 Å². The number of carbonyl (C=O) groups is 1. The van der Waals surface area contributed by atoms with Crippen LogP contribution in [0.3, 0.4) is 0 Å². The Labute approximate surface area is 195 Å². The molecule has 7 heteroatoms. The summed E-state index contributed by atoms with van der Waals surface area (Å²) in [4.78, 5) is 24.0. The van der Waals surface area contributed by atoms with Crippen molar-refractivity contribution in [1.82, 2.24) is 19.7 Å². The number of nitrogens with zero attached hydrogens (tertiary/aromatic N) is 5. The number of hydrogen-bond donors (Lipinski definition) is 0. The molecule has 2 heterocycles. The van der Waals surface area contributed by atoms with E-state index in [1.807, 2.05) is 96.5 Å². The minimum Gasteiger partial charge on any atom is -0.280 e. The van der Waals surface area contributed by atoms with Gasteiger partial charge >= 0.3 is 0 Å². The molecule has 0 fully saturated rings. The SMILES string of the molecule is Cc1ccccc1-n1ncc2c(SCC(=O)N(c3ccccc3)c3ccccc3)ncnc21. The molecule has 5 aromatic rings. The molecule has 0 bridgehead atoms. The molecule has 0 atom stereocenters. The van der Waals surface area contributed by atoms with Crippen molar-refractivity contribution < 1.29 is 4.79 Å². The fourth-order valence-corrected chi connectivity index (χ4v) is 4.51. The number of hydrogen-bond acceptors (Lipinski definition) is 5. The molecule has 3 aromatic carbocycles. The van der Waals surface area contributed by atoms with Crippen molar-refractivity contribution in [1.29, 1.82) is 0 Å². The van der Waals surface area contributed by atoms with E-state index in [0.717, 1.165) is 38.7 Å². The van der Waals surface area contributed by atoms with E-state index >= 15 is 0 Å². The largest absolute Gasteiger partial charge is 0.280 e. The highest BCUT2D eigenvalue weighted by Crippen LogP contribution is 2.30. The van der Waals surface area contributed by atoms with Crippen LogP contribution in [0.25, 0.3) is 16.7 Å². The Balaban J connectivity index is 1.43. The van der Waals surface area contributed by atoms with Gasteiger partial charge in [0.1, 0.15) is 11.4 Å². The summed E-state index contributed by atoms with van der Waals surface area (Å²) in [6, 6.07) is 27.4. The highest BCUT2D eigenvalue weighted by atomic mass is 32.2. The Morgan fingerprint density at radius 1 is 0.879 bits per heavy atom. The third-order valence-electron chi connectivity index (χ3n) is 5.28. The minimum atomic E-state index is -0.0320. The van der Waals surface area contributed by atoms with Crippen molar-refractivity contribution >= 4 is 40.1 Å². The van der Waals surface area contributed by atoms with Gasteiger partial charge in [0.2, 0.25) is 5.91 Å². The first-order chi connectivity index (χ1) is 16.2. The number of thioether (sulfide) groups is 1. The first-order valence-corrected chi connectivity index (χ1v) is 11.5. The molecule has 0 radical (unpaired) electrons. The highest BCUT2D eigenvalue weighted by Gasteiger charge is 2.20. The summed E-state index contributed by atoms with van der Waals surface area (Å²) in [7, 11) is 0. The van der Waals surface area contributed by atoms with Crippen LogP contribution >= 0.6 is 11.8 Å². The van der Waals surface area contributed by atoms with Gasteiger partial charge in [-0.3, -0.25) is 9.69 Å². The summed E-state index contributed by atoms with van der Waals surface area (Å²) >= 11 is 1.39. The number of benzene rings is 3. The quantitative estimate of drug-likeness (QED) is 0.249. The van der Waals surface area contributed by atoms with Crippen LogP contribution in [0.2, 0.25) is 0 Å². The number of aryl methyl sites for hydroxylation is 1. The summed E-state index contributed by atoms with van der Waals surface area (Å²) in [5, 5.41) is 6.10. The predicted molar refractivity (Wildman–Crippen MR) is 132 cm³/mol. The van der Waals surface area contributed by atoms with Crippen molar-refractivity contribution in [3.05, 3.63) is 103 Å². The first kappa shape index (κ1) is 20.9. The molecule has 2 aromatic heterocycles. The number of carbonyl (C=O) groups excluding carboxylic acids is 1. The van der Waals surface area contributed by atoms with E-state index in [2.05, 4.69) is 15.1 Å². The number of anilines is 2. The molecule has 0 aliphatic heterocycles. The summed E-state index contributed by atoms with van der Waals surface area (Å²) in [5.74, 6) is 0.196. The summed E-state index contributed by atoms with van der Waals surface area (Å²) in [5.41, 5.74) is 4.45. The van der Waals surface area contributed by atoms with Gasteiger partial charge in [-0.15, -0.1) is 0 Å². The zero-order valence-corrected chi connectivity index (χ0v) is 18.8. The van der Waals surface area contributed by atoms with Gasteiger partial charge < -0.3 is 0 Å². The second kappa shape index (κ2) is 9.26. The predicted octanol–water partition coefficient (Wildman–Crippen LogP) is 5.58. The third-order valence-corrected chi connectivity index (χ3v) is 6.27. The number of fused-ring (bicyclic) bond motifs is 1. The van der Waals surface area contributed by atoms with Gasteiger partial charge in [0.05, 0.1) is 23.0 Å². The molecule has 33 heavy (non-hydrogen) atoms. The summed E-state index contributed by atoms with van der Waals surface area (Å²) in [6.45, 7) is 2.04. The lowest BCUT2D eigenvalue weighted by Gasteiger charge is -2.23. The second-order valence-corrected chi connectivity index (χ2v) is 8.41. The molecule has 0 saturated carbocycles. The zero-order valence-electron chi connectivity index (χ0n) is 18.0. The Hall–Kier alpha value is -3.97. The van der Waals surface area contributed by atoms with Crippen LogP contribution in [0.15, 0.2) is 102 Å². The molecular formula is C26H21N5OS. The monoisotopic (exact) mass is 451 g/mol. The standard InChI is InChI=1S/C26H21N5OS/c1-19-10-8-9-15-23(19)31-25-22(16-29-31)26(28-18-27-25)33-17-24(32)30(20-11-4-2-5-12-20)21-13-6-3-7-14-21/h2-16,18H,17H2,1H3. The Kier molecular flexibility index (Phi) is 5.87. The summed E-state index contributed by atoms with van der Waals surface area (Å²) < 4.78 is 1.82. The van der Waals surface area contributed by atoms with Gasteiger partial charge in [-0.2, -0.15) is 5.10 Å². The number of aromatic nitrogens is 4. The number of rotatable bonds is 6. The maximum Gasteiger partial charge on any atom is 0.241 e. The van der Waals surface area contributed by atoms with E-state index in [1.54, 1.807) is 11.1 Å². The average Bonchev–Trinajstić information content (AvgIpc) is 3.29. The van der Waals surface area contributed by atoms with Crippen LogP contribution in [-0.2, 0) is 4.79 Å². The van der Waals surface area contributed by atoms with Gasteiger partial charge in [0, 0.05) is 11.4 Å². The van der Waals surface area contributed by atoms with E-state index < -0.39 is 0 Å². The molecule has 162 valence electrons. The number of para-hydroxylation sites is 3. The van der Waals surface area contributed by atoms with Crippen LogP contribution in [0, 0.1) is 6.92 Å². The van der Waals surface area contributed by atoms with Gasteiger partial charge in [-0.05, 0) is 42.8 Å². The molecule has 5 rings (SSSR count). The number of amides is 1. The first-order valence-electron chi connectivity index (χ1n) is 10.5. The van der Waals surface area contributed by atoms with Crippen molar-refractivity contribution in [2.75, 3.05) is 10.7 Å². The third kappa shape index (κ3) is 4.23. The van der Waals surface area contributed by atoms with E-state index in [0.29, 0.717) is 0 Å². The fourth-order valence-electron chi connectivity index (χ4n) is 3.70. The fraction of sp³-hybridized carbons (Fsp3) is 0.0769. The van der Waals surface area contributed by atoms with E-state index in [-0.39, 0.29) is 11.7 Å². The van der Waals surface area contributed by atoms with Crippen LogP contribution < -0.4 is 4.90 Å². The van der Waals surface area contributed by atoms with Gasteiger partial charge in [-0.25, -0.2) is 14.6 Å². The van der Waals surface area contributed by atoms with Gasteiger partial charge in [0.15, 0.2) is 5.65 Å². The summed E-state index contributed by atoms with van der Waals surface area (Å²) in [6.07, 6.45) is 3.29. The minimum absolute atomic E-state index is 0.0320. The highest BCUT2D eigenvalue weighted by molar-refractivity contribution is 8.00. The zero-order chi connectivity index (χ0) is 22.6. The van der Waals surface area contributed by atoms with E-state index in [9.17, 15) is 4.79 Å². The normalized spacial score (nSPS) is 10.9. The lowest BCUT2D eigenvalue weighted by atomic mass is 10.2. The second-order valence-electron chi connectivity index (χ2n) is 7.45. The molecule has 0 aliphatic rings.